The second-order valence-corrected chi connectivity index (χ2v) is 7.81. The molecule has 3 rings (SSSR count). The number of carbonyl (C=O) groups is 1. The van der Waals surface area contributed by atoms with Crippen LogP contribution in [0.15, 0.2) is 95.0 Å². The number of nitrogens with zero attached hydrogens (tertiary/aromatic N) is 1. The van der Waals surface area contributed by atoms with Gasteiger partial charge in [0, 0.05) is 5.56 Å². The van der Waals surface area contributed by atoms with Gasteiger partial charge in [0.05, 0.1) is 29.9 Å². The molecule has 0 unspecified atom stereocenters. The molecule has 0 bridgehead atoms. The van der Waals surface area contributed by atoms with Crippen molar-refractivity contribution in [3.63, 3.8) is 0 Å². The van der Waals surface area contributed by atoms with Crippen molar-refractivity contribution in [2.75, 3.05) is 10.8 Å². The normalized spacial score (nSPS) is 11.0. The highest BCUT2D eigenvalue weighted by Crippen LogP contribution is 2.24. The number of hydrogen-bond acceptors (Lipinski definition) is 4. The smallest absolute Gasteiger partial charge is 0.264 e. The first kappa shape index (κ1) is 19.4. The highest BCUT2D eigenvalue weighted by atomic mass is 32.2. The maximum absolute atomic E-state index is 13.0. The minimum atomic E-state index is -3.74. The molecule has 0 aliphatic heterocycles. The van der Waals surface area contributed by atoms with Gasteiger partial charge in [-0.3, -0.25) is 9.10 Å². The molecule has 0 radical (unpaired) electrons. The highest BCUT2D eigenvalue weighted by molar-refractivity contribution is 7.92. The summed E-state index contributed by atoms with van der Waals surface area (Å²) in [4.78, 5) is 12.5. The van der Waals surface area contributed by atoms with Crippen molar-refractivity contribution >= 4 is 21.6 Å². The number of furan rings is 1. The third-order valence-electron chi connectivity index (χ3n) is 4.05. The Morgan fingerprint density at radius 3 is 2.36 bits per heavy atom. The fourth-order valence-electron chi connectivity index (χ4n) is 2.64. The van der Waals surface area contributed by atoms with Crippen LogP contribution in [-0.2, 0) is 16.6 Å². The number of nitrogens with one attached hydrogen (secondary N) is 1. The average molecular weight is 396 g/mol. The third kappa shape index (κ3) is 4.32. The fraction of sp³-hybridized carbons (Fsp3) is 0.0952. The van der Waals surface area contributed by atoms with Crippen LogP contribution in [-0.4, -0.2) is 20.9 Å². The molecule has 0 aliphatic carbocycles. The number of hydrogen-bond donors (Lipinski definition) is 1. The van der Waals surface area contributed by atoms with Gasteiger partial charge in [-0.05, 0) is 48.5 Å². The predicted molar refractivity (Wildman–Crippen MR) is 107 cm³/mol. The molecule has 0 aliphatic rings. The molecule has 1 N–H and O–H groups in total. The number of rotatable bonds is 8. The van der Waals surface area contributed by atoms with Crippen molar-refractivity contribution in [3.05, 3.63) is 97.0 Å². The quantitative estimate of drug-likeness (QED) is 0.590. The summed E-state index contributed by atoms with van der Waals surface area (Å²) < 4.78 is 32.4. The van der Waals surface area contributed by atoms with Crippen LogP contribution in [0.4, 0.5) is 5.69 Å². The molecule has 0 atom stereocenters. The Bertz CT molecular complexity index is 1030. The molecule has 1 amide bonds. The monoisotopic (exact) mass is 396 g/mol. The van der Waals surface area contributed by atoms with Crippen LogP contribution in [0, 0.1) is 0 Å². The van der Waals surface area contributed by atoms with E-state index < -0.39 is 10.0 Å². The summed E-state index contributed by atoms with van der Waals surface area (Å²) in [5.74, 6) is 0.375. The molecule has 2 aromatic carbocycles. The van der Waals surface area contributed by atoms with E-state index in [0.717, 1.165) is 0 Å². The number of sulfonamides is 1. The first-order chi connectivity index (χ1) is 13.5. The maximum Gasteiger partial charge on any atom is 0.264 e. The van der Waals surface area contributed by atoms with Gasteiger partial charge >= 0.3 is 0 Å². The molecule has 6 nitrogen and oxygen atoms in total. The Morgan fingerprint density at radius 1 is 1.04 bits per heavy atom. The van der Waals surface area contributed by atoms with Crippen LogP contribution in [0.3, 0.4) is 0 Å². The van der Waals surface area contributed by atoms with E-state index in [2.05, 4.69) is 11.9 Å². The second-order valence-electron chi connectivity index (χ2n) is 5.95. The zero-order valence-electron chi connectivity index (χ0n) is 15.1. The SMILES string of the molecule is C=CCN(c1ccc(C(=O)NCc2ccco2)cc1)S(=O)(=O)c1ccccc1. The van der Waals surface area contributed by atoms with Crippen LogP contribution in [0.5, 0.6) is 0 Å². The Morgan fingerprint density at radius 2 is 1.75 bits per heavy atom. The average Bonchev–Trinajstić information content (AvgIpc) is 3.24. The minimum Gasteiger partial charge on any atom is -0.467 e. The van der Waals surface area contributed by atoms with Gasteiger partial charge in [0.15, 0.2) is 0 Å². The number of carbonyl (C=O) groups excluding carboxylic acids is 1. The van der Waals surface area contributed by atoms with E-state index >= 15 is 0 Å². The lowest BCUT2D eigenvalue weighted by Gasteiger charge is -2.23. The van der Waals surface area contributed by atoms with E-state index in [1.54, 1.807) is 66.7 Å². The summed E-state index contributed by atoms with van der Waals surface area (Å²) in [6, 6.07) is 18.1. The van der Waals surface area contributed by atoms with E-state index in [-0.39, 0.29) is 23.9 Å². The summed E-state index contributed by atoms with van der Waals surface area (Å²) in [5, 5.41) is 2.75. The van der Waals surface area contributed by atoms with E-state index in [4.69, 9.17) is 4.42 Å². The van der Waals surface area contributed by atoms with E-state index in [9.17, 15) is 13.2 Å². The summed E-state index contributed by atoms with van der Waals surface area (Å²) in [5.41, 5.74) is 0.873. The Hall–Kier alpha value is -3.32. The number of benzene rings is 2. The molecular weight excluding hydrogens is 376 g/mol. The summed E-state index contributed by atoms with van der Waals surface area (Å²) in [6.07, 6.45) is 3.06. The first-order valence-corrected chi connectivity index (χ1v) is 10.1. The van der Waals surface area contributed by atoms with Gasteiger partial charge in [-0.1, -0.05) is 24.3 Å². The highest BCUT2D eigenvalue weighted by Gasteiger charge is 2.23. The Kier molecular flexibility index (Phi) is 5.96. The maximum atomic E-state index is 13.0. The van der Waals surface area contributed by atoms with Crippen molar-refractivity contribution in [2.24, 2.45) is 0 Å². The van der Waals surface area contributed by atoms with E-state index in [1.807, 2.05) is 0 Å². The number of anilines is 1. The lowest BCUT2D eigenvalue weighted by Crippen LogP contribution is -2.31. The van der Waals surface area contributed by atoms with Gasteiger partial charge in [0.25, 0.3) is 15.9 Å². The first-order valence-electron chi connectivity index (χ1n) is 8.61. The van der Waals surface area contributed by atoms with Gasteiger partial charge in [0.1, 0.15) is 5.76 Å². The summed E-state index contributed by atoms with van der Waals surface area (Å²) >= 11 is 0. The zero-order valence-corrected chi connectivity index (χ0v) is 15.9. The third-order valence-corrected chi connectivity index (χ3v) is 5.85. The van der Waals surface area contributed by atoms with Crippen LogP contribution >= 0.6 is 0 Å². The van der Waals surface area contributed by atoms with Gasteiger partial charge < -0.3 is 9.73 Å². The number of amides is 1. The molecule has 3 aromatic rings. The topological polar surface area (TPSA) is 79.6 Å². The molecular formula is C21H20N2O4S. The standard InChI is InChI=1S/C21H20N2O4S/c1-2-14-23(28(25,26)20-8-4-3-5-9-20)18-12-10-17(11-13-18)21(24)22-16-19-7-6-15-27-19/h2-13,15H,1,14,16H2,(H,22,24). The fourth-order valence-corrected chi connectivity index (χ4v) is 4.10. The van der Waals surface area contributed by atoms with E-state index in [0.29, 0.717) is 17.0 Å². The van der Waals surface area contributed by atoms with Crippen molar-refractivity contribution in [2.45, 2.75) is 11.4 Å². The molecule has 1 aromatic heterocycles. The summed E-state index contributed by atoms with van der Waals surface area (Å²) in [7, 11) is -3.74. The van der Waals surface area contributed by atoms with E-state index in [1.165, 1.54) is 16.6 Å². The molecule has 144 valence electrons. The Balaban J connectivity index is 1.79. The Labute approximate surface area is 164 Å². The van der Waals surface area contributed by atoms with Gasteiger partial charge in [-0.2, -0.15) is 0 Å². The lowest BCUT2D eigenvalue weighted by atomic mass is 10.2. The van der Waals surface area contributed by atoms with Crippen LogP contribution in [0.25, 0.3) is 0 Å². The van der Waals surface area contributed by atoms with Gasteiger partial charge in [-0.25, -0.2) is 8.42 Å². The predicted octanol–water partition coefficient (Wildman–Crippen LogP) is 3.59. The second kappa shape index (κ2) is 8.58. The molecule has 0 saturated carbocycles. The zero-order chi connectivity index (χ0) is 20.0. The van der Waals surface area contributed by atoms with Crippen molar-refractivity contribution in [1.82, 2.24) is 5.32 Å². The largest absolute Gasteiger partial charge is 0.467 e. The molecule has 0 spiro atoms. The van der Waals surface area contributed by atoms with Crippen LogP contribution in [0.2, 0.25) is 0 Å². The van der Waals surface area contributed by atoms with Crippen molar-refractivity contribution in [1.29, 1.82) is 0 Å². The van der Waals surface area contributed by atoms with Gasteiger partial charge in [-0.15, -0.1) is 6.58 Å². The molecule has 28 heavy (non-hydrogen) atoms. The van der Waals surface area contributed by atoms with Gasteiger partial charge in [0.2, 0.25) is 0 Å². The lowest BCUT2D eigenvalue weighted by molar-refractivity contribution is 0.0948. The molecule has 0 fully saturated rings. The molecule has 0 saturated heterocycles. The van der Waals surface area contributed by atoms with Crippen molar-refractivity contribution < 1.29 is 17.6 Å². The summed E-state index contributed by atoms with van der Waals surface area (Å²) in [6.45, 7) is 4.04. The van der Waals surface area contributed by atoms with Crippen molar-refractivity contribution in [3.8, 4) is 0 Å². The molecule has 1 heterocycles. The van der Waals surface area contributed by atoms with Crippen LogP contribution < -0.4 is 9.62 Å². The van der Waals surface area contributed by atoms with Crippen LogP contribution in [0.1, 0.15) is 16.1 Å². The minimum absolute atomic E-state index is 0.112. The molecule has 7 heteroatoms.